The minimum Gasteiger partial charge on any atom is -0.496 e. The molecule has 0 bridgehead atoms. The molecule has 2 rings (SSSR count). The van der Waals surface area contributed by atoms with Gasteiger partial charge in [-0.15, -0.1) is 0 Å². The first-order chi connectivity index (χ1) is 19.7. The molecule has 0 radical (unpaired) electrons. The number of ketones is 1. The normalized spacial score (nSPS) is 11.3. The fourth-order valence-corrected chi connectivity index (χ4v) is 6.16. The molecule has 0 saturated heterocycles. The summed E-state index contributed by atoms with van der Waals surface area (Å²) in [7, 11) is 3.02. The van der Waals surface area contributed by atoms with Crippen LogP contribution in [0.4, 0.5) is 0 Å². The first-order valence-corrected chi connectivity index (χ1v) is 15.4. The first kappa shape index (κ1) is 34.1. The molecule has 0 fully saturated rings. The van der Waals surface area contributed by atoms with Gasteiger partial charge in [0.2, 0.25) is 5.91 Å². The Balaban J connectivity index is 1.63. The van der Waals surface area contributed by atoms with Crippen molar-refractivity contribution in [1.82, 2.24) is 5.32 Å². The van der Waals surface area contributed by atoms with Crippen molar-refractivity contribution in [2.45, 2.75) is 31.6 Å². The van der Waals surface area contributed by atoms with E-state index in [0.717, 1.165) is 23.5 Å². The molecule has 0 saturated carbocycles. The van der Waals surface area contributed by atoms with Crippen LogP contribution in [0.2, 0.25) is 0 Å². The predicted molar refractivity (Wildman–Crippen MR) is 170 cm³/mol. The number of nitrogens with one attached hydrogen (secondary N) is 5. The van der Waals surface area contributed by atoms with Gasteiger partial charge in [0.1, 0.15) is 17.3 Å². The molecule has 6 N–H and O–H groups in total. The van der Waals surface area contributed by atoms with Crippen molar-refractivity contribution < 1.29 is 24.2 Å². The lowest BCUT2D eigenvalue weighted by atomic mass is 9.93. The second-order valence-corrected chi connectivity index (χ2v) is 12.1. The number of Topliss-reactive ketones (excluding diaryl/α,β-unsaturated/α-hetero) is 1. The quantitative estimate of drug-likeness (QED) is 0.0923. The van der Waals surface area contributed by atoms with Crippen LogP contribution >= 0.6 is 35.3 Å². The van der Waals surface area contributed by atoms with E-state index in [1.54, 1.807) is 48.2 Å². The molecule has 0 spiro atoms. The molecule has 0 aliphatic carbocycles. The van der Waals surface area contributed by atoms with Crippen LogP contribution in [-0.4, -0.2) is 69.4 Å². The standard InChI is InChI=1S/C28H35N5O5S3/c1-37-22-9-5-3-7-18(22)15-27(36)33-28(32)41-25(30)12-14-39-13-11-24(29)40-26(31)16-21(35)20(17-34)19-8-4-6-10-23(19)38-2/h3-10,20,29-31,34H,11-17H2,1-2H3,(H2,32,33,36). The van der Waals surface area contributed by atoms with Gasteiger partial charge in [-0.1, -0.05) is 48.2 Å². The average Bonchev–Trinajstić information content (AvgIpc) is 2.93. The van der Waals surface area contributed by atoms with Gasteiger partial charge in [-0.05, 0) is 35.4 Å². The summed E-state index contributed by atoms with van der Waals surface area (Å²) in [6, 6.07) is 14.1. The van der Waals surface area contributed by atoms with Crippen LogP contribution in [-0.2, 0) is 16.0 Å². The van der Waals surface area contributed by atoms with E-state index in [2.05, 4.69) is 5.32 Å². The number of amidine groups is 1. The minimum atomic E-state index is -0.799. The summed E-state index contributed by atoms with van der Waals surface area (Å²) in [6.45, 7) is -0.396. The van der Waals surface area contributed by atoms with Gasteiger partial charge in [0.05, 0.1) is 54.7 Å². The lowest BCUT2D eigenvalue weighted by Crippen LogP contribution is -2.30. The van der Waals surface area contributed by atoms with Crippen molar-refractivity contribution in [3.63, 3.8) is 0 Å². The lowest BCUT2D eigenvalue weighted by molar-refractivity contribution is -0.120. The zero-order valence-electron chi connectivity index (χ0n) is 23.0. The fourth-order valence-electron chi connectivity index (χ4n) is 3.67. The van der Waals surface area contributed by atoms with Gasteiger partial charge in [0, 0.05) is 24.0 Å². The molecule has 10 nitrogen and oxygen atoms in total. The van der Waals surface area contributed by atoms with Gasteiger partial charge < -0.3 is 19.9 Å². The number of hydrogen-bond acceptors (Lipinski definition) is 12. The molecule has 0 aliphatic heterocycles. The molecule has 2 aromatic rings. The Morgan fingerprint density at radius 3 is 2.07 bits per heavy atom. The zero-order chi connectivity index (χ0) is 30.2. The number of aliphatic hydroxyl groups excluding tert-OH is 1. The van der Waals surface area contributed by atoms with E-state index in [1.807, 2.05) is 12.1 Å². The maximum Gasteiger partial charge on any atom is 0.230 e. The molecular weight excluding hydrogens is 583 g/mol. The molecule has 2 aromatic carbocycles. The van der Waals surface area contributed by atoms with Gasteiger partial charge in [-0.25, -0.2) is 0 Å². The summed E-state index contributed by atoms with van der Waals surface area (Å²) in [5, 5.41) is 45.0. The summed E-state index contributed by atoms with van der Waals surface area (Å²) in [5.74, 6) is 0.854. The van der Waals surface area contributed by atoms with Crippen LogP contribution in [0.3, 0.4) is 0 Å². The summed E-state index contributed by atoms with van der Waals surface area (Å²) in [6.07, 6.45) is 0.711. The molecule has 0 heterocycles. The third kappa shape index (κ3) is 12.1. The van der Waals surface area contributed by atoms with E-state index in [-0.39, 0.29) is 44.8 Å². The van der Waals surface area contributed by atoms with Gasteiger partial charge in [0.25, 0.3) is 0 Å². The van der Waals surface area contributed by atoms with E-state index >= 15 is 0 Å². The number of hydrogen-bond donors (Lipinski definition) is 6. The molecule has 1 unspecified atom stereocenters. The molecule has 0 aliphatic rings. The Labute approximate surface area is 252 Å². The second kappa shape index (κ2) is 18.3. The number of carbonyl (C=O) groups is 2. The zero-order valence-corrected chi connectivity index (χ0v) is 25.4. The number of carbonyl (C=O) groups excluding carboxylic acids is 2. The third-order valence-electron chi connectivity index (χ3n) is 5.64. The number of amides is 1. The topological polar surface area (TPSA) is 180 Å². The number of thioether (sulfide) groups is 3. The SMILES string of the molecule is COc1ccccc1CC(=O)NC(=N)SC(=N)CCSCCC(=N)SC(=N)CC(=O)C(CO)c1ccccc1OC. The highest BCUT2D eigenvalue weighted by Crippen LogP contribution is 2.28. The van der Waals surface area contributed by atoms with E-state index in [9.17, 15) is 14.7 Å². The molecule has 41 heavy (non-hydrogen) atoms. The van der Waals surface area contributed by atoms with Crippen molar-refractivity contribution in [1.29, 1.82) is 21.6 Å². The smallest absolute Gasteiger partial charge is 0.230 e. The molecule has 1 atom stereocenters. The maximum absolute atomic E-state index is 12.7. The number of benzene rings is 2. The van der Waals surface area contributed by atoms with Gasteiger partial charge >= 0.3 is 0 Å². The first-order valence-electron chi connectivity index (χ1n) is 12.6. The highest BCUT2D eigenvalue weighted by Gasteiger charge is 2.24. The fraction of sp³-hybridized carbons (Fsp3) is 0.357. The summed E-state index contributed by atoms with van der Waals surface area (Å²) in [5.41, 5.74) is 1.28. The van der Waals surface area contributed by atoms with Crippen molar-refractivity contribution in [3.8, 4) is 11.5 Å². The average molecular weight is 618 g/mol. The molecule has 1 amide bonds. The van der Waals surface area contributed by atoms with Crippen LogP contribution in [0.1, 0.15) is 36.3 Å². The monoisotopic (exact) mass is 617 g/mol. The number of methoxy groups -OCH3 is 2. The van der Waals surface area contributed by atoms with E-state index in [1.165, 1.54) is 14.2 Å². The largest absolute Gasteiger partial charge is 0.496 e. The van der Waals surface area contributed by atoms with Crippen molar-refractivity contribution >= 4 is 67.3 Å². The van der Waals surface area contributed by atoms with Gasteiger partial charge in [-0.3, -0.25) is 31.2 Å². The summed E-state index contributed by atoms with van der Waals surface area (Å²) >= 11 is 3.37. The number of rotatable bonds is 15. The van der Waals surface area contributed by atoms with Crippen molar-refractivity contribution in [3.05, 3.63) is 59.7 Å². The molecule has 220 valence electrons. The Morgan fingerprint density at radius 2 is 1.44 bits per heavy atom. The number of para-hydroxylation sites is 2. The lowest BCUT2D eigenvalue weighted by Gasteiger charge is -2.17. The van der Waals surface area contributed by atoms with Crippen molar-refractivity contribution in [2.24, 2.45) is 0 Å². The second-order valence-electron chi connectivity index (χ2n) is 8.57. The molecular formula is C28H35N5O5S3. The highest BCUT2D eigenvalue weighted by atomic mass is 32.2. The maximum atomic E-state index is 12.7. The summed E-state index contributed by atoms with van der Waals surface area (Å²) in [4.78, 5) is 25.0. The number of aliphatic hydroxyl groups is 1. The minimum absolute atomic E-state index is 0.0443. The Morgan fingerprint density at radius 1 is 0.854 bits per heavy atom. The van der Waals surface area contributed by atoms with Crippen molar-refractivity contribution in [2.75, 3.05) is 32.3 Å². The van der Waals surface area contributed by atoms with Crippen LogP contribution in [0.15, 0.2) is 48.5 Å². The predicted octanol–water partition coefficient (Wildman–Crippen LogP) is 4.94. The molecule has 0 aromatic heterocycles. The highest BCUT2D eigenvalue weighted by molar-refractivity contribution is 8.26. The van der Waals surface area contributed by atoms with Crippen LogP contribution in [0, 0.1) is 21.6 Å². The van der Waals surface area contributed by atoms with E-state index < -0.39 is 12.5 Å². The van der Waals surface area contributed by atoms with Crippen LogP contribution < -0.4 is 14.8 Å². The Kier molecular flexibility index (Phi) is 15.2. The van der Waals surface area contributed by atoms with Crippen LogP contribution in [0.5, 0.6) is 11.5 Å². The van der Waals surface area contributed by atoms with E-state index in [0.29, 0.717) is 47.0 Å². The molecule has 13 heteroatoms. The Bertz CT molecular complexity index is 1260. The Hall–Kier alpha value is -3.13. The van der Waals surface area contributed by atoms with Gasteiger partial charge in [-0.2, -0.15) is 11.8 Å². The van der Waals surface area contributed by atoms with Crippen LogP contribution in [0.25, 0.3) is 0 Å². The summed E-state index contributed by atoms with van der Waals surface area (Å²) < 4.78 is 10.5. The third-order valence-corrected chi connectivity index (χ3v) is 8.22. The van der Waals surface area contributed by atoms with E-state index in [4.69, 9.17) is 31.1 Å². The number of ether oxygens (including phenoxy) is 2. The van der Waals surface area contributed by atoms with Gasteiger partial charge in [0.15, 0.2) is 5.17 Å².